The van der Waals surface area contributed by atoms with Crippen LogP contribution in [0.5, 0.6) is 0 Å². The highest BCUT2D eigenvalue weighted by atomic mass is 35.5. The van der Waals surface area contributed by atoms with Crippen LogP contribution in [0.4, 0.5) is 5.82 Å². The number of carbonyl (C=O) groups is 2. The highest BCUT2D eigenvalue weighted by molar-refractivity contribution is 6.32. The summed E-state index contributed by atoms with van der Waals surface area (Å²) in [6.45, 7) is 15.0. The van der Waals surface area contributed by atoms with Crippen LogP contribution in [0.2, 0.25) is 5.02 Å². The summed E-state index contributed by atoms with van der Waals surface area (Å²) in [5.74, 6) is 0.293. The predicted molar refractivity (Wildman–Crippen MR) is 136 cm³/mol. The molecular formula is C26H39ClN4O2. The summed E-state index contributed by atoms with van der Waals surface area (Å²) in [4.78, 5) is 27.7. The largest absolute Gasteiger partial charge is 0.333 e. The first-order chi connectivity index (χ1) is 15.3. The number of rotatable bonds is 9. The van der Waals surface area contributed by atoms with Gasteiger partial charge in [-0.2, -0.15) is 5.10 Å². The first kappa shape index (κ1) is 26.9. The molecule has 0 fully saturated rings. The van der Waals surface area contributed by atoms with Gasteiger partial charge in [0.1, 0.15) is 5.82 Å². The lowest BCUT2D eigenvalue weighted by Gasteiger charge is -2.26. The zero-order valence-electron chi connectivity index (χ0n) is 21.2. The van der Waals surface area contributed by atoms with Gasteiger partial charge in [0, 0.05) is 24.4 Å². The van der Waals surface area contributed by atoms with E-state index in [0.29, 0.717) is 29.5 Å². The van der Waals surface area contributed by atoms with Crippen molar-refractivity contribution >= 4 is 29.2 Å². The minimum atomic E-state index is -0.248. The zero-order chi connectivity index (χ0) is 24.8. The van der Waals surface area contributed by atoms with Crippen molar-refractivity contribution in [2.75, 3.05) is 18.4 Å². The van der Waals surface area contributed by atoms with E-state index < -0.39 is 0 Å². The number of hydrogen-bond donors (Lipinski definition) is 1. The first-order valence-corrected chi connectivity index (χ1v) is 12.1. The summed E-state index contributed by atoms with van der Waals surface area (Å²) in [6.07, 6.45) is 3.36. The molecule has 0 bridgehead atoms. The molecule has 2 amide bonds. The predicted octanol–water partition coefficient (Wildman–Crippen LogP) is 6.22. The Morgan fingerprint density at radius 2 is 1.76 bits per heavy atom. The van der Waals surface area contributed by atoms with Crippen molar-refractivity contribution in [1.82, 2.24) is 14.7 Å². The van der Waals surface area contributed by atoms with Crippen LogP contribution in [0.3, 0.4) is 0 Å². The molecule has 0 aliphatic carbocycles. The van der Waals surface area contributed by atoms with Gasteiger partial charge in [0.25, 0.3) is 0 Å². The number of amides is 2. The third kappa shape index (κ3) is 8.18. The van der Waals surface area contributed by atoms with Gasteiger partial charge in [0.2, 0.25) is 11.8 Å². The lowest BCUT2D eigenvalue weighted by Crippen LogP contribution is -2.40. The van der Waals surface area contributed by atoms with Crippen molar-refractivity contribution in [1.29, 1.82) is 0 Å². The number of benzene rings is 1. The number of halogens is 1. The van der Waals surface area contributed by atoms with E-state index in [4.69, 9.17) is 16.7 Å². The van der Waals surface area contributed by atoms with Crippen LogP contribution >= 0.6 is 11.6 Å². The van der Waals surface area contributed by atoms with E-state index in [1.807, 2.05) is 45.0 Å². The second kappa shape index (κ2) is 11.2. The van der Waals surface area contributed by atoms with E-state index in [1.165, 1.54) is 0 Å². The molecule has 1 aromatic heterocycles. The maximum absolute atomic E-state index is 13.1. The zero-order valence-corrected chi connectivity index (χ0v) is 21.9. The summed E-state index contributed by atoms with van der Waals surface area (Å²) in [6, 6.07) is 9.27. The van der Waals surface area contributed by atoms with E-state index >= 15 is 0 Å². The molecule has 2 rings (SSSR count). The second-order valence-electron chi connectivity index (χ2n) is 10.8. The Bertz CT molecular complexity index is 954. The van der Waals surface area contributed by atoms with Gasteiger partial charge >= 0.3 is 0 Å². The van der Waals surface area contributed by atoms with Crippen LogP contribution in [0, 0.1) is 5.41 Å². The SMILES string of the molecule is CCCCCN(CC(=O)Nc1cc(C(C)(C)C)nn1-c1ccccc1Cl)C(=O)CC(C)(C)C. The van der Waals surface area contributed by atoms with Gasteiger partial charge in [-0.05, 0) is 24.0 Å². The third-order valence-corrected chi connectivity index (χ3v) is 5.55. The summed E-state index contributed by atoms with van der Waals surface area (Å²) in [5, 5.41) is 8.24. The average Bonchev–Trinajstić information content (AvgIpc) is 3.10. The number of unbranched alkanes of at least 4 members (excludes halogenated alkanes) is 2. The Hall–Kier alpha value is -2.34. The average molecular weight is 475 g/mol. The van der Waals surface area contributed by atoms with Crippen molar-refractivity contribution in [2.45, 2.75) is 79.6 Å². The summed E-state index contributed by atoms with van der Waals surface area (Å²) in [7, 11) is 0. The van der Waals surface area contributed by atoms with Crippen molar-refractivity contribution in [2.24, 2.45) is 5.41 Å². The fraction of sp³-hybridized carbons (Fsp3) is 0.577. The van der Waals surface area contributed by atoms with E-state index in [9.17, 15) is 9.59 Å². The number of aromatic nitrogens is 2. The number of hydrogen-bond acceptors (Lipinski definition) is 3. The highest BCUT2D eigenvalue weighted by Gasteiger charge is 2.25. The Balaban J connectivity index is 2.28. The molecule has 7 heteroatoms. The number of carbonyl (C=O) groups excluding carboxylic acids is 2. The Morgan fingerprint density at radius 3 is 2.33 bits per heavy atom. The number of para-hydroxylation sites is 1. The molecule has 0 saturated heterocycles. The van der Waals surface area contributed by atoms with Gasteiger partial charge in [-0.25, -0.2) is 4.68 Å². The molecular weight excluding hydrogens is 436 g/mol. The van der Waals surface area contributed by atoms with E-state index in [-0.39, 0.29) is 29.2 Å². The van der Waals surface area contributed by atoms with Crippen molar-refractivity contribution in [3.05, 3.63) is 41.0 Å². The van der Waals surface area contributed by atoms with E-state index in [1.54, 1.807) is 15.6 Å². The molecule has 1 aromatic carbocycles. The van der Waals surface area contributed by atoms with Gasteiger partial charge in [0.15, 0.2) is 0 Å². The van der Waals surface area contributed by atoms with E-state index in [0.717, 1.165) is 25.0 Å². The van der Waals surface area contributed by atoms with Crippen LogP contribution in [-0.4, -0.2) is 39.6 Å². The molecule has 0 spiro atoms. The van der Waals surface area contributed by atoms with Crippen molar-refractivity contribution < 1.29 is 9.59 Å². The molecule has 6 nitrogen and oxygen atoms in total. The number of anilines is 1. The molecule has 1 heterocycles. The monoisotopic (exact) mass is 474 g/mol. The lowest BCUT2D eigenvalue weighted by atomic mass is 9.91. The van der Waals surface area contributed by atoms with Gasteiger partial charge in [-0.1, -0.05) is 85.0 Å². The standard InChI is InChI=1S/C26H39ClN4O2/c1-8-9-12-15-30(24(33)17-25(2,3)4)18-23(32)28-22-16-21(26(5,6)7)29-31(22)20-14-11-10-13-19(20)27/h10-11,13-14,16H,8-9,12,15,17-18H2,1-7H3,(H,28,32). The Morgan fingerprint density at radius 1 is 1.09 bits per heavy atom. The summed E-state index contributed by atoms with van der Waals surface area (Å²) < 4.78 is 1.67. The molecule has 0 atom stereocenters. The van der Waals surface area contributed by atoms with Crippen molar-refractivity contribution in [3.8, 4) is 5.69 Å². The van der Waals surface area contributed by atoms with Crippen LogP contribution in [0.1, 0.15) is 79.8 Å². The van der Waals surface area contributed by atoms with Gasteiger partial charge < -0.3 is 10.2 Å². The van der Waals surface area contributed by atoms with Crippen LogP contribution < -0.4 is 5.32 Å². The topological polar surface area (TPSA) is 67.2 Å². The fourth-order valence-corrected chi connectivity index (χ4v) is 3.63. The Labute approximate surface area is 203 Å². The van der Waals surface area contributed by atoms with Crippen LogP contribution in [-0.2, 0) is 15.0 Å². The minimum absolute atomic E-state index is 0.00347. The molecule has 0 saturated carbocycles. The lowest BCUT2D eigenvalue weighted by molar-refractivity contribution is -0.136. The molecule has 182 valence electrons. The third-order valence-electron chi connectivity index (χ3n) is 5.23. The summed E-state index contributed by atoms with van der Waals surface area (Å²) >= 11 is 6.42. The molecule has 0 unspecified atom stereocenters. The highest BCUT2D eigenvalue weighted by Crippen LogP contribution is 2.29. The first-order valence-electron chi connectivity index (χ1n) is 11.7. The van der Waals surface area contributed by atoms with Gasteiger partial charge in [-0.15, -0.1) is 0 Å². The smallest absolute Gasteiger partial charge is 0.245 e. The van der Waals surface area contributed by atoms with Crippen LogP contribution in [0.15, 0.2) is 30.3 Å². The van der Waals surface area contributed by atoms with Gasteiger partial charge in [0.05, 0.1) is 22.9 Å². The van der Waals surface area contributed by atoms with Crippen molar-refractivity contribution in [3.63, 3.8) is 0 Å². The molecule has 0 radical (unpaired) electrons. The minimum Gasteiger partial charge on any atom is -0.333 e. The number of nitrogens with one attached hydrogen (secondary N) is 1. The molecule has 0 aliphatic heterocycles. The quantitative estimate of drug-likeness (QED) is 0.439. The maximum Gasteiger partial charge on any atom is 0.245 e. The number of nitrogens with zero attached hydrogens (tertiary/aromatic N) is 3. The molecule has 1 N–H and O–H groups in total. The molecule has 33 heavy (non-hydrogen) atoms. The van der Waals surface area contributed by atoms with E-state index in [2.05, 4.69) is 33.0 Å². The van der Waals surface area contributed by atoms with Gasteiger partial charge in [-0.3, -0.25) is 9.59 Å². The molecule has 0 aliphatic rings. The fourth-order valence-electron chi connectivity index (χ4n) is 3.41. The molecule has 2 aromatic rings. The normalized spacial score (nSPS) is 12.0. The summed E-state index contributed by atoms with van der Waals surface area (Å²) in [5.41, 5.74) is 1.18. The van der Waals surface area contributed by atoms with Crippen LogP contribution in [0.25, 0.3) is 5.69 Å². The second-order valence-corrected chi connectivity index (χ2v) is 11.2. The Kier molecular flexibility index (Phi) is 9.12. The maximum atomic E-state index is 13.1.